The number of pyridine rings is 1. The number of rotatable bonds is 6. The number of benzene rings is 1. The van der Waals surface area contributed by atoms with E-state index in [2.05, 4.69) is 52.8 Å². The Bertz CT molecular complexity index is 942. The van der Waals surface area contributed by atoms with Crippen molar-refractivity contribution in [1.82, 2.24) is 14.3 Å². The zero-order valence-electron chi connectivity index (χ0n) is 14.3. The van der Waals surface area contributed by atoms with E-state index in [9.17, 15) is 0 Å². The Labute approximate surface area is 147 Å². The number of hydrogen-bond donors (Lipinski definition) is 0. The number of fused-ring (bicyclic) bond motifs is 1. The van der Waals surface area contributed by atoms with Crippen molar-refractivity contribution < 1.29 is 4.42 Å². The van der Waals surface area contributed by atoms with Gasteiger partial charge in [0.05, 0.1) is 18.5 Å². The molecule has 4 aromatic rings. The summed E-state index contributed by atoms with van der Waals surface area (Å²) in [5.41, 5.74) is 4.54. The van der Waals surface area contributed by atoms with E-state index in [-0.39, 0.29) is 0 Å². The molecule has 0 saturated carbocycles. The van der Waals surface area contributed by atoms with Gasteiger partial charge in [0.15, 0.2) is 0 Å². The Morgan fingerprint density at radius 3 is 2.56 bits per heavy atom. The first-order valence-corrected chi connectivity index (χ1v) is 8.50. The Morgan fingerprint density at radius 2 is 1.80 bits per heavy atom. The molecule has 4 heteroatoms. The summed E-state index contributed by atoms with van der Waals surface area (Å²) in [5, 5.41) is 0. The molecule has 0 unspecified atom stereocenters. The zero-order valence-corrected chi connectivity index (χ0v) is 14.3. The van der Waals surface area contributed by atoms with Crippen molar-refractivity contribution in [3.8, 4) is 0 Å². The Balaban J connectivity index is 1.58. The molecule has 0 atom stereocenters. The van der Waals surface area contributed by atoms with Crippen molar-refractivity contribution in [2.24, 2.45) is 0 Å². The van der Waals surface area contributed by atoms with Crippen LogP contribution >= 0.6 is 0 Å². The van der Waals surface area contributed by atoms with Gasteiger partial charge in [-0.2, -0.15) is 0 Å². The van der Waals surface area contributed by atoms with Gasteiger partial charge in [-0.1, -0.05) is 36.4 Å². The van der Waals surface area contributed by atoms with E-state index in [1.807, 2.05) is 30.3 Å². The minimum absolute atomic E-state index is 0.759. The van der Waals surface area contributed by atoms with Crippen LogP contribution in [-0.2, 0) is 19.6 Å². The van der Waals surface area contributed by atoms with Crippen LogP contribution in [-0.4, -0.2) is 14.3 Å². The SMILES string of the molecule is Cc1cccc2nc(CN(Cc3ccccc3)Cc3ccco3)cn12. The van der Waals surface area contributed by atoms with Gasteiger partial charge < -0.3 is 8.82 Å². The fourth-order valence-electron chi connectivity index (χ4n) is 3.14. The summed E-state index contributed by atoms with van der Waals surface area (Å²) >= 11 is 0. The molecule has 3 heterocycles. The monoisotopic (exact) mass is 331 g/mol. The topological polar surface area (TPSA) is 33.7 Å². The summed E-state index contributed by atoms with van der Waals surface area (Å²) in [4.78, 5) is 7.13. The van der Waals surface area contributed by atoms with Crippen LogP contribution in [0, 0.1) is 6.92 Å². The van der Waals surface area contributed by atoms with Crippen molar-refractivity contribution in [3.63, 3.8) is 0 Å². The molecular weight excluding hydrogens is 310 g/mol. The summed E-state index contributed by atoms with van der Waals surface area (Å²) in [5.74, 6) is 0.968. The molecule has 4 nitrogen and oxygen atoms in total. The molecule has 3 aromatic heterocycles. The molecule has 4 rings (SSSR count). The molecule has 25 heavy (non-hydrogen) atoms. The maximum absolute atomic E-state index is 5.55. The average molecular weight is 331 g/mol. The molecular formula is C21H21N3O. The zero-order chi connectivity index (χ0) is 17.1. The number of furan rings is 1. The lowest BCUT2D eigenvalue weighted by Gasteiger charge is -2.20. The van der Waals surface area contributed by atoms with Gasteiger partial charge in [-0.05, 0) is 36.8 Å². The summed E-state index contributed by atoms with van der Waals surface area (Å²) in [6, 6.07) is 20.7. The quantitative estimate of drug-likeness (QED) is 0.524. The lowest BCUT2D eigenvalue weighted by molar-refractivity contribution is 0.224. The fourth-order valence-corrected chi connectivity index (χ4v) is 3.14. The minimum atomic E-state index is 0.759. The summed E-state index contributed by atoms with van der Waals surface area (Å²) in [6.45, 7) is 4.49. The number of imidazole rings is 1. The third-order valence-electron chi connectivity index (χ3n) is 4.34. The molecule has 0 fully saturated rings. The molecule has 0 bridgehead atoms. The van der Waals surface area contributed by atoms with Gasteiger partial charge in [0.2, 0.25) is 0 Å². The smallest absolute Gasteiger partial charge is 0.137 e. The second-order valence-electron chi connectivity index (χ2n) is 6.34. The van der Waals surface area contributed by atoms with E-state index in [1.165, 1.54) is 11.3 Å². The molecule has 126 valence electrons. The van der Waals surface area contributed by atoms with Gasteiger partial charge in [0, 0.05) is 25.0 Å². The highest BCUT2D eigenvalue weighted by Crippen LogP contribution is 2.15. The van der Waals surface area contributed by atoms with Gasteiger partial charge >= 0.3 is 0 Å². The molecule has 0 aliphatic rings. The van der Waals surface area contributed by atoms with Crippen LogP contribution in [0.25, 0.3) is 5.65 Å². The van der Waals surface area contributed by atoms with E-state index >= 15 is 0 Å². The van der Waals surface area contributed by atoms with Gasteiger partial charge in [0.25, 0.3) is 0 Å². The molecule has 1 aromatic carbocycles. The number of aryl methyl sites for hydroxylation is 1. The van der Waals surface area contributed by atoms with Crippen molar-refractivity contribution in [2.45, 2.75) is 26.6 Å². The van der Waals surface area contributed by atoms with E-state index in [1.54, 1.807) is 6.26 Å². The molecule has 0 radical (unpaired) electrons. The number of nitrogens with zero attached hydrogens (tertiary/aromatic N) is 3. The summed E-state index contributed by atoms with van der Waals surface area (Å²) in [6.07, 6.45) is 3.86. The Hall–Kier alpha value is -2.85. The maximum Gasteiger partial charge on any atom is 0.137 e. The first kappa shape index (κ1) is 15.7. The first-order chi connectivity index (χ1) is 12.3. The highest BCUT2D eigenvalue weighted by molar-refractivity contribution is 5.41. The van der Waals surface area contributed by atoms with Crippen LogP contribution < -0.4 is 0 Å². The third kappa shape index (κ3) is 3.64. The number of hydrogen-bond acceptors (Lipinski definition) is 3. The molecule has 0 aliphatic carbocycles. The van der Waals surface area contributed by atoms with Crippen LogP contribution in [0.4, 0.5) is 0 Å². The third-order valence-corrected chi connectivity index (χ3v) is 4.34. The standard InChI is InChI=1S/C21H21N3O/c1-17-7-5-11-21-22-19(15-24(17)21)14-23(16-20-10-6-12-25-20)13-18-8-3-2-4-9-18/h2-12,15H,13-14,16H2,1H3. The van der Waals surface area contributed by atoms with Crippen LogP contribution in [0.15, 0.2) is 77.5 Å². The maximum atomic E-state index is 5.55. The summed E-state index contributed by atoms with van der Waals surface area (Å²) in [7, 11) is 0. The molecule has 0 spiro atoms. The van der Waals surface area contributed by atoms with Gasteiger partial charge in [-0.3, -0.25) is 4.90 Å². The van der Waals surface area contributed by atoms with Crippen LogP contribution in [0.2, 0.25) is 0 Å². The van der Waals surface area contributed by atoms with Crippen molar-refractivity contribution in [2.75, 3.05) is 0 Å². The van der Waals surface area contributed by atoms with Gasteiger partial charge in [0.1, 0.15) is 11.4 Å². The molecule has 0 N–H and O–H groups in total. The van der Waals surface area contributed by atoms with E-state index in [0.717, 1.165) is 36.7 Å². The second-order valence-corrected chi connectivity index (χ2v) is 6.34. The minimum Gasteiger partial charge on any atom is -0.468 e. The average Bonchev–Trinajstić information content (AvgIpc) is 3.26. The highest BCUT2D eigenvalue weighted by Gasteiger charge is 2.12. The van der Waals surface area contributed by atoms with E-state index in [4.69, 9.17) is 9.40 Å². The Morgan fingerprint density at radius 1 is 0.920 bits per heavy atom. The lowest BCUT2D eigenvalue weighted by Crippen LogP contribution is -2.22. The van der Waals surface area contributed by atoms with Gasteiger partial charge in [-0.15, -0.1) is 0 Å². The van der Waals surface area contributed by atoms with Crippen LogP contribution in [0.3, 0.4) is 0 Å². The van der Waals surface area contributed by atoms with Crippen molar-refractivity contribution >= 4 is 5.65 Å². The molecule has 0 saturated heterocycles. The normalized spacial score (nSPS) is 11.4. The lowest BCUT2D eigenvalue weighted by atomic mass is 10.2. The second kappa shape index (κ2) is 6.95. The summed E-state index contributed by atoms with van der Waals surface area (Å²) < 4.78 is 7.69. The van der Waals surface area contributed by atoms with Crippen molar-refractivity contribution in [3.05, 3.63) is 95.8 Å². The molecule has 0 amide bonds. The van der Waals surface area contributed by atoms with Crippen molar-refractivity contribution in [1.29, 1.82) is 0 Å². The van der Waals surface area contributed by atoms with E-state index < -0.39 is 0 Å². The Kier molecular flexibility index (Phi) is 4.36. The molecule has 0 aliphatic heterocycles. The predicted octanol–water partition coefficient (Wildman–Crippen LogP) is 4.44. The fraction of sp³-hybridized carbons (Fsp3) is 0.190. The number of aromatic nitrogens is 2. The van der Waals surface area contributed by atoms with Crippen LogP contribution in [0.5, 0.6) is 0 Å². The van der Waals surface area contributed by atoms with Crippen LogP contribution in [0.1, 0.15) is 22.7 Å². The predicted molar refractivity (Wildman–Crippen MR) is 98.0 cm³/mol. The highest BCUT2D eigenvalue weighted by atomic mass is 16.3. The van der Waals surface area contributed by atoms with E-state index in [0.29, 0.717) is 0 Å². The first-order valence-electron chi connectivity index (χ1n) is 8.50. The largest absolute Gasteiger partial charge is 0.468 e. The van der Waals surface area contributed by atoms with Gasteiger partial charge in [-0.25, -0.2) is 4.98 Å².